The second kappa shape index (κ2) is 5.97. The minimum atomic E-state index is -0.485. The van der Waals surface area contributed by atoms with E-state index in [9.17, 15) is 9.18 Å². The van der Waals surface area contributed by atoms with Crippen LogP contribution in [0.3, 0.4) is 0 Å². The molecule has 0 bridgehead atoms. The van der Waals surface area contributed by atoms with E-state index in [1.165, 1.54) is 40.2 Å². The summed E-state index contributed by atoms with van der Waals surface area (Å²) >= 11 is 0. The van der Waals surface area contributed by atoms with Crippen molar-refractivity contribution in [1.82, 2.24) is 14.5 Å². The van der Waals surface area contributed by atoms with Crippen LogP contribution in [0.2, 0.25) is 0 Å². The number of imidazole rings is 1. The smallest absolute Gasteiger partial charge is 0.320 e. The highest BCUT2D eigenvalue weighted by atomic mass is 19.1. The van der Waals surface area contributed by atoms with Crippen molar-refractivity contribution in [3.05, 3.63) is 53.9 Å². The molecule has 0 aliphatic rings. The maximum Gasteiger partial charge on any atom is 0.329 e. The number of nitrogens with zero attached hydrogens (tertiary/aromatic N) is 4. The van der Waals surface area contributed by atoms with Crippen molar-refractivity contribution in [2.24, 2.45) is 0 Å². The molecule has 0 N–H and O–H groups in total. The number of halogens is 1. The molecule has 6 heteroatoms. The van der Waals surface area contributed by atoms with Gasteiger partial charge in [-0.2, -0.15) is 5.26 Å². The average Bonchev–Trinajstić information content (AvgIpc) is 2.99. The van der Waals surface area contributed by atoms with Gasteiger partial charge in [-0.15, -0.1) is 0 Å². The number of benzene rings is 1. The summed E-state index contributed by atoms with van der Waals surface area (Å²) in [6, 6.07) is 5.84. The van der Waals surface area contributed by atoms with Gasteiger partial charge in [0.25, 0.3) is 0 Å². The molecule has 1 aromatic heterocycles. The molecule has 0 atom stereocenters. The van der Waals surface area contributed by atoms with Crippen LogP contribution in [0.5, 0.6) is 0 Å². The van der Waals surface area contributed by atoms with Gasteiger partial charge in [-0.3, -0.25) is 4.57 Å². The predicted molar refractivity (Wildman–Crippen MR) is 70.2 cm³/mol. The van der Waals surface area contributed by atoms with Crippen LogP contribution in [0.4, 0.5) is 9.18 Å². The van der Waals surface area contributed by atoms with E-state index in [4.69, 9.17) is 5.26 Å². The van der Waals surface area contributed by atoms with E-state index in [0.29, 0.717) is 12.1 Å². The first-order chi connectivity index (χ1) is 9.65. The van der Waals surface area contributed by atoms with Gasteiger partial charge < -0.3 is 4.90 Å². The molecule has 2 rings (SSSR count). The number of carbonyl (C=O) groups excluding carboxylic acids is 1. The van der Waals surface area contributed by atoms with Gasteiger partial charge in [0, 0.05) is 24.5 Å². The van der Waals surface area contributed by atoms with Gasteiger partial charge >= 0.3 is 6.03 Å². The summed E-state index contributed by atoms with van der Waals surface area (Å²) in [7, 11) is 0. The number of amides is 1. The van der Waals surface area contributed by atoms with Crippen LogP contribution in [0, 0.1) is 17.1 Å². The Hall–Kier alpha value is -2.68. The summed E-state index contributed by atoms with van der Waals surface area (Å²) in [6.07, 6.45) is 4.45. The van der Waals surface area contributed by atoms with E-state index in [0.717, 1.165) is 0 Å². The van der Waals surface area contributed by atoms with E-state index in [-0.39, 0.29) is 18.1 Å². The lowest BCUT2D eigenvalue weighted by atomic mass is 10.1. The molecule has 0 saturated carbocycles. The third-order valence-corrected chi connectivity index (χ3v) is 2.92. The zero-order chi connectivity index (χ0) is 14.5. The summed E-state index contributed by atoms with van der Waals surface area (Å²) in [6.45, 7) is 2.40. The molecular weight excluding hydrogens is 259 g/mol. The second-order valence-corrected chi connectivity index (χ2v) is 4.18. The van der Waals surface area contributed by atoms with Crippen LogP contribution in [0.25, 0.3) is 0 Å². The van der Waals surface area contributed by atoms with Crippen molar-refractivity contribution < 1.29 is 9.18 Å². The number of rotatable bonds is 3. The lowest BCUT2D eigenvalue weighted by Gasteiger charge is -2.21. The number of aromatic nitrogens is 2. The van der Waals surface area contributed by atoms with Gasteiger partial charge in [0.15, 0.2) is 0 Å². The molecule has 0 radical (unpaired) electrons. The average molecular weight is 272 g/mol. The third kappa shape index (κ3) is 2.83. The first kappa shape index (κ1) is 13.7. The SMILES string of the molecule is CCN(Cc1ccc(C#N)cc1F)C(=O)n1ccnc1. The molecule has 1 amide bonds. The van der Waals surface area contributed by atoms with E-state index >= 15 is 0 Å². The largest absolute Gasteiger partial charge is 0.329 e. The number of carbonyl (C=O) groups is 1. The van der Waals surface area contributed by atoms with Crippen LogP contribution in [0.1, 0.15) is 18.1 Å². The van der Waals surface area contributed by atoms with E-state index < -0.39 is 5.82 Å². The van der Waals surface area contributed by atoms with Crippen LogP contribution in [-0.4, -0.2) is 27.0 Å². The van der Waals surface area contributed by atoms with Gasteiger partial charge in [-0.05, 0) is 19.1 Å². The fraction of sp³-hybridized carbons (Fsp3) is 0.214. The zero-order valence-electron chi connectivity index (χ0n) is 11.0. The Bertz CT molecular complexity index is 646. The fourth-order valence-corrected chi connectivity index (χ4v) is 1.80. The molecule has 102 valence electrons. The van der Waals surface area contributed by atoms with Gasteiger partial charge in [0.1, 0.15) is 12.1 Å². The summed E-state index contributed by atoms with van der Waals surface area (Å²) < 4.78 is 15.2. The number of hydrogen-bond acceptors (Lipinski definition) is 3. The highest BCUT2D eigenvalue weighted by Crippen LogP contribution is 2.13. The van der Waals surface area contributed by atoms with Crippen LogP contribution in [-0.2, 0) is 6.54 Å². The molecule has 0 saturated heterocycles. The summed E-state index contributed by atoms with van der Waals surface area (Å²) in [5, 5.41) is 8.70. The van der Waals surface area contributed by atoms with E-state index in [2.05, 4.69) is 4.98 Å². The summed E-state index contributed by atoms with van der Waals surface area (Å²) in [4.78, 5) is 17.5. The second-order valence-electron chi connectivity index (χ2n) is 4.18. The highest BCUT2D eigenvalue weighted by Gasteiger charge is 2.15. The lowest BCUT2D eigenvalue weighted by molar-refractivity contribution is 0.199. The van der Waals surface area contributed by atoms with Crippen molar-refractivity contribution in [3.8, 4) is 6.07 Å². The number of nitriles is 1. The fourth-order valence-electron chi connectivity index (χ4n) is 1.80. The van der Waals surface area contributed by atoms with Crippen molar-refractivity contribution in [2.75, 3.05) is 6.54 Å². The Morgan fingerprint density at radius 1 is 1.55 bits per heavy atom. The molecule has 0 unspecified atom stereocenters. The molecule has 0 fully saturated rings. The predicted octanol–water partition coefficient (Wildman–Crippen LogP) is 2.38. The van der Waals surface area contributed by atoms with Gasteiger partial charge in [0.05, 0.1) is 18.2 Å². The van der Waals surface area contributed by atoms with Crippen molar-refractivity contribution in [2.45, 2.75) is 13.5 Å². The standard InChI is InChI=1S/C14H13FN4O/c1-2-18(14(20)19-6-5-17-10-19)9-12-4-3-11(8-16)7-13(12)15/h3-7,10H,2,9H2,1H3. The molecule has 20 heavy (non-hydrogen) atoms. The Balaban J connectivity index is 2.19. The third-order valence-electron chi connectivity index (χ3n) is 2.92. The van der Waals surface area contributed by atoms with Crippen molar-refractivity contribution >= 4 is 6.03 Å². The van der Waals surface area contributed by atoms with Crippen LogP contribution in [0.15, 0.2) is 36.9 Å². The van der Waals surface area contributed by atoms with Crippen molar-refractivity contribution in [3.63, 3.8) is 0 Å². The first-order valence-electron chi connectivity index (χ1n) is 6.11. The van der Waals surface area contributed by atoms with Gasteiger partial charge in [-0.1, -0.05) is 6.07 Å². The maximum absolute atomic E-state index is 13.8. The van der Waals surface area contributed by atoms with E-state index in [1.807, 2.05) is 13.0 Å². The molecule has 0 aliphatic heterocycles. The Morgan fingerprint density at radius 3 is 2.90 bits per heavy atom. The Labute approximate surface area is 115 Å². The minimum absolute atomic E-state index is 0.144. The molecule has 5 nitrogen and oxygen atoms in total. The molecule has 2 aromatic rings. The topological polar surface area (TPSA) is 61.9 Å². The van der Waals surface area contributed by atoms with E-state index in [1.54, 1.807) is 6.20 Å². The van der Waals surface area contributed by atoms with Gasteiger partial charge in [-0.25, -0.2) is 14.2 Å². The van der Waals surface area contributed by atoms with Crippen LogP contribution < -0.4 is 0 Å². The Morgan fingerprint density at radius 2 is 2.35 bits per heavy atom. The molecule has 1 aromatic carbocycles. The first-order valence-corrected chi connectivity index (χ1v) is 6.11. The lowest BCUT2D eigenvalue weighted by Crippen LogP contribution is -2.33. The Kier molecular flexibility index (Phi) is 4.11. The van der Waals surface area contributed by atoms with Gasteiger partial charge in [0.2, 0.25) is 0 Å². The van der Waals surface area contributed by atoms with Crippen LogP contribution >= 0.6 is 0 Å². The molecule has 0 aliphatic carbocycles. The highest BCUT2D eigenvalue weighted by molar-refractivity contribution is 5.76. The van der Waals surface area contributed by atoms with Crippen molar-refractivity contribution in [1.29, 1.82) is 5.26 Å². The quantitative estimate of drug-likeness (QED) is 0.861. The summed E-state index contributed by atoms with van der Waals surface area (Å²) in [5.41, 5.74) is 0.634. The minimum Gasteiger partial charge on any atom is -0.320 e. The monoisotopic (exact) mass is 272 g/mol. The number of hydrogen-bond donors (Lipinski definition) is 0. The molecule has 1 heterocycles. The molecular formula is C14H13FN4O. The summed E-state index contributed by atoms with van der Waals surface area (Å²) in [5.74, 6) is -0.485. The molecule has 0 spiro atoms. The normalized spacial score (nSPS) is 10.1. The maximum atomic E-state index is 13.8. The zero-order valence-corrected chi connectivity index (χ0v) is 11.0.